The van der Waals surface area contributed by atoms with Gasteiger partial charge in [0.15, 0.2) is 0 Å². The molecule has 4 aromatic carbocycles. The van der Waals surface area contributed by atoms with Crippen molar-refractivity contribution in [2.24, 2.45) is 0 Å². The minimum absolute atomic E-state index is 0.00938. The van der Waals surface area contributed by atoms with Gasteiger partial charge in [0, 0.05) is 19.0 Å². The van der Waals surface area contributed by atoms with Crippen LogP contribution in [0, 0.1) is 12.7 Å². The molecule has 0 aromatic heterocycles. The third kappa shape index (κ3) is 8.24. The first-order chi connectivity index (χ1) is 21.0. The lowest BCUT2D eigenvalue weighted by Crippen LogP contribution is -2.54. The number of carbonyl (C=O) groups is 2. The second-order valence-electron chi connectivity index (χ2n) is 10.8. The number of anilines is 1. The molecule has 10 heteroatoms. The van der Waals surface area contributed by atoms with Gasteiger partial charge in [-0.15, -0.1) is 0 Å². The number of hydrogen-bond donors (Lipinski definition) is 1. The summed E-state index contributed by atoms with van der Waals surface area (Å²) in [6.07, 6.45) is 0.199. The molecule has 0 aliphatic rings. The van der Waals surface area contributed by atoms with Gasteiger partial charge in [0.25, 0.3) is 10.0 Å². The summed E-state index contributed by atoms with van der Waals surface area (Å²) >= 11 is 6.06. The Kier molecular flexibility index (Phi) is 10.8. The van der Waals surface area contributed by atoms with Crippen LogP contribution < -0.4 is 9.62 Å². The Hall–Kier alpha value is -4.21. The van der Waals surface area contributed by atoms with Crippen LogP contribution in [0.2, 0.25) is 5.02 Å². The van der Waals surface area contributed by atoms with Crippen molar-refractivity contribution in [2.75, 3.05) is 10.8 Å². The highest BCUT2D eigenvalue weighted by atomic mass is 35.5. The SMILES string of the molecule is Cc1ccc(CN(C(=O)CN(c2ccc(F)c(Cl)c2)S(=O)(=O)c2ccccc2)[C@H](Cc2ccccc2)C(=O)NC(C)C)cc1. The van der Waals surface area contributed by atoms with Crippen LogP contribution in [0.4, 0.5) is 10.1 Å². The first-order valence-electron chi connectivity index (χ1n) is 14.2. The summed E-state index contributed by atoms with van der Waals surface area (Å²) in [5.74, 6) is -1.72. The van der Waals surface area contributed by atoms with E-state index in [-0.39, 0.29) is 40.5 Å². The molecule has 2 amide bonds. The average molecular weight is 636 g/mol. The molecule has 0 aliphatic carbocycles. The van der Waals surface area contributed by atoms with E-state index in [1.165, 1.54) is 29.2 Å². The van der Waals surface area contributed by atoms with Gasteiger partial charge in [-0.2, -0.15) is 0 Å². The number of hydrogen-bond acceptors (Lipinski definition) is 4. The fourth-order valence-corrected chi connectivity index (χ4v) is 6.32. The average Bonchev–Trinajstić information content (AvgIpc) is 3.00. The Balaban J connectivity index is 1.81. The van der Waals surface area contributed by atoms with Gasteiger partial charge in [0.1, 0.15) is 18.4 Å². The normalized spacial score (nSPS) is 12.0. The maximum absolute atomic E-state index is 14.4. The second kappa shape index (κ2) is 14.5. The van der Waals surface area contributed by atoms with Crippen molar-refractivity contribution in [1.29, 1.82) is 0 Å². The summed E-state index contributed by atoms with van der Waals surface area (Å²) in [5, 5.41) is 2.63. The summed E-state index contributed by atoms with van der Waals surface area (Å²) in [5.41, 5.74) is 2.63. The highest BCUT2D eigenvalue weighted by Gasteiger charge is 2.35. The first-order valence-corrected chi connectivity index (χ1v) is 16.0. The smallest absolute Gasteiger partial charge is 0.264 e. The minimum atomic E-state index is -4.31. The van der Waals surface area contributed by atoms with Gasteiger partial charge in [-0.05, 0) is 62.2 Å². The molecular weight excluding hydrogens is 601 g/mol. The third-order valence-corrected chi connectivity index (χ3v) is 9.05. The van der Waals surface area contributed by atoms with Crippen molar-refractivity contribution in [3.05, 3.63) is 131 Å². The molecule has 0 heterocycles. The van der Waals surface area contributed by atoms with Gasteiger partial charge in [-0.25, -0.2) is 12.8 Å². The number of aryl methyl sites for hydroxylation is 1. The largest absolute Gasteiger partial charge is 0.352 e. The molecule has 0 bridgehead atoms. The summed E-state index contributed by atoms with van der Waals surface area (Å²) in [6.45, 7) is 4.99. The Labute approximate surface area is 263 Å². The third-order valence-electron chi connectivity index (χ3n) is 6.98. The fraction of sp³-hybridized carbons (Fsp3) is 0.235. The van der Waals surface area contributed by atoms with Crippen LogP contribution in [0.15, 0.2) is 108 Å². The highest BCUT2D eigenvalue weighted by molar-refractivity contribution is 7.92. The minimum Gasteiger partial charge on any atom is -0.352 e. The molecule has 0 unspecified atom stereocenters. The number of halogens is 2. The highest BCUT2D eigenvalue weighted by Crippen LogP contribution is 2.28. The maximum atomic E-state index is 14.4. The Morgan fingerprint density at radius 1 is 0.864 bits per heavy atom. The first kappa shape index (κ1) is 32.7. The Bertz CT molecular complexity index is 1690. The summed E-state index contributed by atoms with van der Waals surface area (Å²) in [6, 6.07) is 26.8. The molecule has 1 N–H and O–H groups in total. The van der Waals surface area contributed by atoms with Gasteiger partial charge >= 0.3 is 0 Å². The standard InChI is InChI=1S/C34H35ClFN3O4S/c1-24(2)37-34(41)32(20-26-10-6-4-7-11-26)38(22-27-16-14-25(3)15-17-27)33(40)23-39(28-18-19-31(36)30(35)21-28)44(42,43)29-12-8-5-9-13-29/h4-19,21,24,32H,20,22-23H2,1-3H3,(H,37,41)/t32-/m1/s1. The van der Waals surface area contributed by atoms with Crippen LogP contribution in [0.25, 0.3) is 0 Å². The molecule has 0 fully saturated rings. The number of carbonyl (C=O) groups excluding carboxylic acids is 2. The number of rotatable bonds is 12. The lowest BCUT2D eigenvalue weighted by Gasteiger charge is -2.34. The molecule has 0 saturated carbocycles. The van der Waals surface area contributed by atoms with Gasteiger partial charge in [0.2, 0.25) is 11.8 Å². The molecule has 0 radical (unpaired) electrons. The van der Waals surface area contributed by atoms with Crippen LogP contribution in [0.5, 0.6) is 0 Å². The van der Waals surface area contributed by atoms with E-state index in [0.29, 0.717) is 0 Å². The lowest BCUT2D eigenvalue weighted by atomic mass is 10.0. The molecule has 7 nitrogen and oxygen atoms in total. The van der Waals surface area contributed by atoms with Crippen molar-refractivity contribution >= 4 is 39.1 Å². The van der Waals surface area contributed by atoms with Crippen molar-refractivity contribution in [2.45, 2.75) is 50.7 Å². The van der Waals surface area contributed by atoms with E-state index in [0.717, 1.165) is 27.1 Å². The zero-order chi connectivity index (χ0) is 31.9. The van der Waals surface area contributed by atoms with E-state index in [1.807, 2.05) is 75.4 Å². The molecule has 1 atom stereocenters. The number of nitrogens with zero attached hydrogens (tertiary/aromatic N) is 2. The van der Waals surface area contributed by atoms with Crippen molar-refractivity contribution < 1.29 is 22.4 Å². The van der Waals surface area contributed by atoms with Crippen LogP contribution in [-0.4, -0.2) is 43.8 Å². The zero-order valence-electron chi connectivity index (χ0n) is 24.8. The Morgan fingerprint density at radius 2 is 1.48 bits per heavy atom. The van der Waals surface area contributed by atoms with Gasteiger partial charge < -0.3 is 10.2 Å². The molecule has 0 aliphatic heterocycles. The molecule has 4 rings (SSSR count). The van der Waals surface area contributed by atoms with Gasteiger partial charge in [-0.1, -0.05) is 90.0 Å². The van der Waals surface area contributed by atoms with E-state index in [4.69, 9.17) is 11.6 Å². The van der Waals surface area contributed by atoms with Crippen molar-refractivity contribution in [3.63, 3.8) is 0 Å². The molecule has 230 valence electrons. The summed E-state index contributed by atoms with van der Waals surface area (Å²) in [7, 11) is -4.31. The van der Waals surface area contributed by atoms with Gasteiger partial charge in [0.05, 0.1) is 15.6 Å². The summed E-state index contributed by atoms with van der Waals surface area (Å²) < 4.78 is 43.0. The van der Waals surface area contributed by atoms with Crippen molar-refractivity contribution in [1.82, 2.24) is 10.2 Å². The van der Waals surface area contributed by atoms with E-state index in [2.05, 4.69) is 5.32 Å². The van der Waals surface area contributed by atoms with E-state index < -0.39 is 34.3 Å². The van der Waals surface area contributed by atoms with E-state index >= 15 is 0 Å². The predicted octanol–water partition coefficient (Wildman–Crippen LogP) is 6.15. The quantitative estimate of drug-likeness (QED) is 0.202. The lowest BCUT2D eigenvalue weighted by molar-refractivity contribution is -0.140. The molecular formula is C34H35ClFN3O4S. The van der Waals surface area contributed by atoms with Crippen molar-refractivity contribution in [3.8, 4) is 0 Å². The molecule has 0 saturated heterocycles. The topological polar surface area (TPSA) is 86.8 Å². The Morgan fingerprint density at radius 3 is 2.07 bits per heavy atom. The monoisotopic (exact) mass is 635 g/mol. The number of sulfonamides is 1. The van der Waals surface area contributed by atoms with Crippen LogP contribution in [-0.2, 0) is 32.6 Å². The number of benzene rings is 4. The van der Waals surface area contributed by atoms with E-state index in [1.54, 1.807) is 18.2 Å². The molecule has 44 heavy (non-hydrogen) atoms. The predicted molar refractivity (Wildman–Crippen MR) is 171 cm³/mol. The van der Waals surface area contributed by atoms with Crippen LogP contribution >= 0.6 is 11.6 Å². The zero-order valence-corrected chi connectivity index (χ0v) is 26.4. The maximum Gasteiger partial charge on any atom is 0.264 e. The van der Waals surface area contributed by atoms with Gasteiger partial charge in [-0.3, -0.25) is 13.9 Å². The van der Waals surface area contributed by atoms with Crippen LogP contribution in [0.3, 0.4) is 0 Å². The molecule has 4 aromatic rings. The number of nitrogens with one attached hydrogen (secondary N) is 1. The summed E-state index contributed by atoms with van der Waals surface area (Å²) in [4.78, 5) is 29.4. The van der Waals surface area contributed by atoms with E-state index in [9.17, 15) is 22.4 Å². The van der Waals surface area contributed by atoms with Crippen LogP contribution in [0.1, 0.15) is 30.5 Å². The second-order valence-corrected chi connectivity index (χ2v) is 13.1. The molecule has 0 spiro atoms. The number of amides is 2. The fourth-order valence-electron chi connectivity index (χ4n) is 4.71.